The van der Waals surface area contributed by atoms with E-state index in [1.54, 1.807) is 0 Å². The predicted molar refractivity (Wildman–Crippen MR) is 238 cm³/mol. The number of para-hydroxylation sites is 2. The molecule has 0 aliphatic rings. The smallest absolute Gasteiger partial charge is 0.166 e. The van der Waals surface area contributed by atoms with Gasteiger partial charge in [-0.25, -0.2) is 15.0 Å². The first kappa shape index (κ1) is 33.7. The van der Waals surface area contributed by atoms with Gasteiger partial charge in [0.05, 0.1) is 16.7 Å². The molecule has 8 aromatic carbocycles. The van der Waals surface area contributed by atoms with Crippen LogP contribution in [0.2, 0.25) is 0 Å². The van der Waals surface area contributed by atoms with E-state index >= 15 is 0 Å². The van der Waals surface area contributed by atoms with Crippen molar-refractivity contribution in [3.05, 3.63) is 193 Å². The lowest BCUT2D eigenvalue weighted by atomic mass is 9.97. The van der Waals surface area contributed by atoms with Crippen molar-refractivity contribution in [1.29, 1.82) is 0 Å². The van der Waals surface area contributed by atoms with Crippen molar-refractivity contribution in [2.24, 2.45) is 0 Å². The highest BCUT2D eigenvalue weighted by Crippen LogP contribution is 2.41. The quantitative estimate of drug-likeness (QED) is 0.170. The maximum Gasteiger partial charge on any atom is 0.166 e. The molecule has 11 aromatic rings. The van der Waals surface area contributed by atoms with Crippen LogP contribution in [0.3, 0.4) is 0 Å². The Kier molecular flexibility index (Phi) is 7.86. The van der Waals surface area contributed by atoms with Crippen LogP contribution in [0, 0.1) is 13.8 Å². The summed E-state index contributed by atoms with van der Waals surface area (Å²) in [4.78, 5) is 15.6. The fraction of sp³-hybridized carbons (Fsp3) is 0.0377. The van der Waals surface area contributed by atoms with Gasteiger partial charge in [-0.3, -0.25) is 0 Å². The molecule has 5 heteroatoms. The summed E-state index contributed by atoms with van der Waals surface area (Å²) in [7, 11) is 0. The number of nitrogens with zero attached hydrogens (tertiary/aromatic N) is 4. The average Bonchev–Trinajstić information content (AvgIpc) is 3.81. The molecule has 0 fully saturated rings. The molecule has 0 aliphatic carbocycles. The highest BCUT2D eigenvalue weighted by atomic mass is 16.3. The van der Waals surface area contributed by atoms with Gasteiger partial charge in [-0.05, 0) is 90.2 Å². The molecule has 274 valence electrons. The summed E-state index contributed by atoms with van der Waals surface area (Å²) in [6, 6.07) is 63.8. The number of hydrogen-bond donors (Lipinski definition) is 0. The molecular formula is C53H36N4O. The van der Waals surface area contributed by atoms with Gasteiger partial charge in [0.25, 0.3) is 0 Å². The topological polar surface area (TPSA) is 56.7 Å². The van der Waals surface area contributed by atoms with E-state index in [4.69, 9.17) is 19.4 Å². The summed E-state index contributed by atoms with van der Waals surface area (Å²) in [6.07, 6.45) is 0. The lowest BCUT2D eigenvalue weighted by molar-refractivity contribution is 0.669. The molecule has 11 rings (SSSR count). The van der Waals surface area contributed by atoms with Crippen LogP contribution in [0.1, 0.15) is 11.1 Å². The number of furan rings is 1. The molecule has 58 heavy (non-hydrogen) atoms. The molecule has 0 saturated heterocycles. The van der Waals surface area contributed by atoms with Gasteiger partial charge in [0.15, 0.2) is 17.5 Å². The van der Waals surface area contributed by atoms with Crippen LogP contribution in [0.4, 0.5) is 0 Å². The van der Waals surface area contributed by atoms with E-state index in [9.17, 15) is 0 Å². The van der Waals surface area contributed by atoms with Gasteiger partial charge in [0.1, 0.15) is 11.2 Å². The van der Waals surface area contributed by atoms with Crippen molar-refractivity contribution >= 4 is 43.7 Å². The molecule has 3 aromatic heterocycles. The highest BCUT2D eigenvalue weighted by molar-refractivity contribution is 6.11. The first-order chi connectivity index (χ1) is 28.6. The van der Waals surface area contributed by atoms with Gasteiger partial charge in [-0.2, -0.15) is 0 Å². The van der Waals surface area contributed by atoms with Crippen LogP contribution in [-0.4, -0.2) is 19.5 Å². The van der Waals surface area contributed by atoms with E-state index in [0.29, 0.717) is 17.5 Å². The van der Waals surface area contributed by atoms with Crippen molar-refractivity contribution < 1.29 is 4.42 Å². The molecule has 0 saturated carbocycles. The Hall–Kier alpha value is -7.63. The van der Waals surface area contributed by atoms with Gasteiger partial charge >= 0.3 is 0 Å². The summed E-state index contributed by atoms with van der Waals surface area (Å²) in [5, 5.41) is 4.57. The van der Waals surface area contributed by atoms with Gasteiger partial charge in [-0.15, -0.1) is 0 Å². The molecule has 0 bridgehead atoms. The van der Waals surface area contributed by atoms with Crippen molar-refractivity contribution in [2.45, 2.75) is 13.8 Å². The van der Waals surface area contributed by atoms with Crippen LogP contribution in [0.15, 0.2) is 186 Å². The molecule has 0 unspecified atom stereocenters. The first-order valence-corrected chi connectivity index (χ1v) is 19.6. The monoisotopic (exact) mass is 744 g/mol. The fourth-order valence-electron chi connectivity index (χ4n) is 8.46. The lowest BCUT2D eigenvalue weighted by Crippen LogP contribution is -2.04. The molecule has 0 atom stereocenters. The van der Waals surface area contributed by atoms with Crippen molar-refractivity contribution in [1.82, 2.24) is 19.5 Å². The normalized spacial score (nSPS) is 11.6. The Morgan fingerprint density at radius 2 is 0.983 bits per heavy atom. The van der Waals surface area contributed by atoms with Crippen molar-refractivity contribution in [3.8, 4) is 62.1 Å². The van der Waals surface area contributed by atoms with Gasteiger partial charge in [-0.1, -0.05) is 139 Å². The van der Waals surface area contributed by atoms with Gasteiger partial charge in [0.2, 0.25) is 0 Å². The van der Waals surface area contributed by atoms with E-state index in [-0.39, 0.29) is 0 Å². The summed E-state index contributed by atoms with van der Waals surface area (Å²) in [5.74, 6) is 1.82. The number of hydrogen-bond acceptors (Lipinski definition) is 4. The van der Waals surface area contributed by atoms with Crippen molar-refractivity contribution in [2.75, 3.05) is 0 Å². The standard InChI is InChI=1S/C53H36N4O/c1-33-21-25-40(34(2)29-33)39-24-28-47-44(31-39)41-17-9-11-19-46(41)57(47)48-27-23-37(38-22-26-43-42-18-10-12-20-49(42)58-50(43)32-38)30-45(48)53-55-51(35-13-5-3-6-14-35)54-52(56-53)36-15-7-4-8-16-36/h3-32H,1-2H3. The predicted octanol–water partition coefficient (Wildman–Crippen LogP) is 13.8. The van der Waals surface area contributed by atoms with E-state index in [1.165, 1.54) is 33.0 Å². The molecule has 0 aliphatic heterocycles. The van der Waals surface area contributed by atoms with E-state index < -0.39 is 0 Å². The Balaban J connectivity index is 1.18. The molecule has 3 heterocycles. The Morgan fingerprint density at radius 3 is 1.74 bits per heavy atom. The number of rotatable bonds is 6. The van der Waals surface area contributed by atoms with Crippen LogP contribution >= 0.6 is 0 Å². The zero-order valence-electron chi connectivity index (χ0n) is 32.0. The summed E-state index contributed by atoms with van der Waals surface area (Å²) < 4.78 is 8.72. The summed E-state index contributed by atoms with van der Waals surface area (Å²) in [5.41, 5.74) is 14.7. The highest BCUT2D eigenvalue weighted by Gasteiger charge is 2.21. The first-order valence-electron chi connectivity index (χ1n) is 19.6. The van der Waals surface area contributed by atoms with Crippen LogP contribution in [0.25, 0.3) is 106 Å². The Morgan fingerprint density at radius 1 is 0.379 bits per heavy atom. The third-order valence-electron chi connectivity index (χ3n) is 11.3. The minimum absolute atomic E-state index is 0.590. The van der Waals surface area contributed by atoms with Crippen molar-refractivity contribution in [3.63, 3.8) is 0 Å². The zero-order valence-corrected chi connectivity index (χ0v) is 32.0. The lowest BCUT2D eigenvalue weighted by Gasteiger charge is -2.16. The molecule has 0 spiro atoms. The SMILES string of the molecule is Cc1ccc(-c2ccc3c(c2)c2ccccc2n3-c2ccc(-c3ccc4c(c3)oc3ccccc34)cc2-c2nc(-c3ccccc3)nc(-c3ccccc3)n2)c(C)c1. The van der Waals surface area contributed by atoms with E-state index in [0.717, 1.165) is 66.5 Å². The minimum atomic E-state index is 0.590. The van der Waals surface area contributed by atoms with E-state index in [1.807, 2.05) is 72.8 Å². The summed E-state index contributed by atoms with van der Waals surface area (Å²) >= 11 is 0. The molecule has 5 nitrogen and oxygen atoms in total. The van der Waals surface area contributed by atoms with Crippen LogP contribution in [0.5, 0.6) is 0 Å². The Bertz CT molecular complexity index is 3300. The summed E-state index contributed by atoms with van der Waals surface area (Å²) in [6.45, 7) is 4.34. The molecule has 0 radical (unpaired) electrons. The zero-order chi connectivity index (χ0) is 38.7. The number of aryl methyl sites for hydroxylation is 2. The molecular weight excluding hydrogens is 709 g/mol. The maximum absolute atomic E-state index is 6.36. The van der Waals surface area contributed by atoms with E-state index in [2.05, 4.69) is 128 Å². The average molecular weight is 745 g/mol. The third-order valence-corrected chi connectivity index (χ3v) is 11.3. The number of benzene rings is 8. The fourth-order valence-corrected chi connectivity index (χ4v) is 8.46. The number of fused-ring (bicyclic) bond motifs is 6. The maximum atomic E-state index is 6.36. The van der Waals surface area contributed by atoms with Crippen LogP contribution < -0.4 is 0 Å². The third kappa shape index (κ3) is 5.67. The number of aromatic nitrogens is 4. The van der Waals surface area contributed by atoms with Gasteiger partial charge in [0, 0.05) is 38.2 Å². The minimum Gasteiger partial charge on any atom is -0.456 e. The van der Waals surface area contributed by atoms with Gasteiger partial charge < -0.3 is 8.98 Å². The second-order valence-electron chi connectivity index (χ2n) is 15.0. The second-order valence-corrected chi connectivity index (χ2v) is 15.0. The second kappa shape index (κ2) is 13.5. The molecule has 0 N–H and O–H groups in total. The molecule has 0 amide bonds. The Labute approximate surface area is 335 Å². The van der Waals surface area contributed by atoms with Crippen LogP contribution in [-0.2, 0) is 0 Å². The largest absolute Gasteiger partial charge is 0.456 e.